The maximum absolute atomic E-state index is 13.0. The minimum absolute atomic E-state index is 0.0648. The number of pyridine rings is 1. The number of ether oxygens (including phenoxy) is 1. The Hall–Kier alpha value is -3.41. The molecule has 6 heteroatoms. The second-order valence-corrected chi connectivity index (χ2v) is 6.68. The van der Waals surface area contributed by atoms with Gasteiger partial charge < -0.3 is 9.72 Å². The van der Waals surface area contributed by atoms with Crippen LogP contribution < -0.4 is 5.43 Å². The molecule has 1 aromatic heterocycles. The molecule has 0 bridgehead atoms. The number of cyclic esters (lactones) is 1. The van der Waals surface area contributed by atoms with Crippen molar-refractivity contribution in [1.82, 2.24) is 9.88 Å². The lowest BCUT2D eigenvalue weighted by atomic mass is 10.0. The molecular formula is C21H18N2O4. The first-order valence-corrected chi connectivity index (χ1v) is 8.71. The zero-order valence-electron chi connectivity index (χ0n) is 14.8. The molecule has 4 rings (SSSR count). The van der Waals surface area contributed by atoms with Gasteiger partial charge in [-0.3, -0.25) is 9.59 Å². The van der Waals surface area contributed by atoms with E-state index in [1.54, 1.807) is 12.1 Å². The second-order valence-electron chi connectivity index (χ2n) is 6.68. The van der Waals surface area contributed by atoms with Crippen LogP contribution in [-0.2, 0) is 11.2 Å². The predicted octanol–water partition coefficient (Wildman–Crippen LogP) is 3.04. The smallest absolute Gasteiger partial charge is 0.417 e. The number of carbonyl (C=O) groups is 2. The third-order valence-electron chi connectivity index (χ3n) is 4.76. The maximum atomic E-state index is 13.0. The third kappa shape index (κ3) is 3.10. The molecule has 136 valence electrons. The van der Waals surface area contributed by atoms with Crippen molar-refractivity contribution in [2.24, 2.45) is 0 Å². The molecule has 2 aromatic carbocycles. The van der Waals surface area contributed by atoms with Gasteiger partial charge in [0.15, 0.2) is 0 Å². The molecule has 1 aliphatic rings. The highest BCUT2D eigenvalue weighted by molar-refractivity contribution is 6.05. The Morgan fingerprint density at radius 2 is 1.96 bits per heavy atom. The van der Waals surface area contributed by atoms with E-state index in [4.69, 9.17) is 4.74 Å². The van der Waals surface area contributed by atoms with Crippen molar-refractivity contribution >= 4 is 22.9 Å². The number of aromatic nitrogens is 1. The molecule has 1 N–H and O–H groups in total. The fraction of sp³-hybridized carbons (Fsp3) is 0.190. The van der Waals surface area contributed by atoms with E-state index in [1.165, 1.54) is 6.20 Å². The molecule has 2 heterocycles. The largest absolute Gasteiger partial charge is 0.447 e. The molecule has 0 radical (unpaired) electrons. The number of benzene rings is 2. The number of fused-ring (bicyclic) bond motifs is 1. The first-order chi connectivity index (χ1) is 13.0. The number of imide groups is 1. The van der Waals surface area contributed by atoms with Crippen LogP contribution in [0.15, 0.2) is 59.5 Å². The number of H-pyrrole nitrogens is 1. The summed E-state index contributed by atoms with van der Waals surface area (Å²) in [5.41, 5.74) is 2.09. The number of aromatic amines is 1. The van der Waals surface area contributed by atoms with Crippen LogP contribution in [-0.4, -0.2) is 34.5 Å². The summed E-state index contributed by atoms with van der Waals surface area (Å²) in [5.74, 6) is -0.636. The number of rotatable bonds is 3. The van der Waals surface area contributed by atoms with E-state index in [-0.39, 0.29) is 12.2 Å². The van der Waals surface area contributed by atoms with Gasteiger partial charge in [0.1, 0.15) is 12.2 Å². The van der Waals surface area contributed by atoms with Crippen LogP contribution in [0.3, 0.4) is 0 Å². The minimum Gasteiger partial charge on any atom is -0.447 e. The van der Waals surface area contributed by atoms with Gasteiger partial charge in [-0.1, -0.05) is 42.0 Å². The fourth-order valence-corrected chi connectivity index (χ4v) is 3.37. The third-order valence-corrected chi connectivity index (χ3v) is 4.76. The first-order valence-electron chi connectivity index (χ1n) is 8.71. The van der Waals surface area contributed by atoms with Crippen LogP contribution in [0, 0.1) is 6.92 Å². The van der Waals surface area contributed by atoms with Crippen LogP contribution in [0.2, 0.25) is 0 Å². The lowest BCUT2D eigenvalue weighted by Gasteiger charge is -2.19. The topological polar surface area (TPSA) is 79.5 Å². The summed E-state index contributed by atoms with van der Waals surface area (Å²) in [6.07, 6.45) is 1.13. The summed E-state index contributed by atoms with van der Waals surface area (Å²) < 4.78 is 5.09. The normalized spacial score (nSPS) is 16.6. The van der Waals surface area contributed by atoms with E-state index in [1.807, 2.05) is 43.3 Å². The Labute approximate surface area is 155 Å². The number of nitrogens with zero attached hydrogens (tertiary/aromatic N) is 1. The van der Waals surface area contributed by atoms with Gasteiger partial charge in [-0.25, -0.2) is 9.69 Å². The summed E-state index contributed by atoms with van der Waals surface area (Å²) in [5, 5.41) is 0.424. The molecule has 1 saturated heterocycles. The highest BCUT2D eigenvalue weighted by Gasteiger charge is 2.39. The van der Waals surface area contributed by atoms with E-state index >= 15 is 0 Å². The van der Waals surface area contributed by atoms with Crippen molar-refractivity contribution in [2.75, 3.05) is 6.61 Å². The van der Waals surface area contributed by atoms with Crippen molar-refractivity contribution in [1.29, 1.82) is 0 Å². The Morgan fingerprint density at radius 3 is 2.74 bits per heavy atom. The Kier molecular flexibility index (Phi) is 4.24. The van der Waals surface area contributed by atoms with Crippen molar-refractivity contribution in [3.8, 4) is 0 Å². The Morgan fingerprint density at radius 1 is 1.19 bits per heavy atom. The van der Waals surface area contributed by atoms with Crippen molar-refractivity contribution in [3.05, 3.63) is 81.6 Å². The predicted molar refractivity (Wildman–Crippen MR) is 101 cm³/mol. The first kappa shape index (κ1) is 17.0. The molecule has 27 heavy (non-hydrogen) atoms. The van der Waals surface area contributed by atoms with Gasteiger partial charge in [-0.15, -0.1) is 0 Å². The highest BCUT2D eigenvalue weighted by Crippen LogP contribution is 2.20. The van der Waals surface area contributed by atoms with Gasteiger partial charge >= 0.3 is 6.09 Å². The number of carbonyl (C=O) groups excluding carboxylic acids is 2. The maximum Gasteiger partial charge on any atom is 0.417 e. The zero-order valence-corrected chi connectivity index (χ0v) is 14.8. The SMILES string of the molecule is Cc1ccc2[nH]cc(C(=O)N3C(=O)OCC3Cc3ccccc3)c(=O)c2c1. The molecule has 1 fully saturated rings. The van der Waals surface area contributed by atoms with Gasteiger partial charge in [-0.05, 0) is 31.0 Å². The second kappa shape index (κ2) is 6.72. The molecule has 1 atom stereocenters. The van der Waals surface area contributed by atoms with E-state index in [2.05, 4.69) is 4.98 Å². The molecule has 3 aromatic rings. The molecule has 0 saturated carbocycles. The number of nitrogens with one attached hydrogen (secondary N) is 1. The van der Waals surface area contributed by atoms with Crippen molar-refractivity contribution in [2.45, 2.75) is 19.4 Å². The van der Waals surface area contributed by atoms with Gasteiger partial charge in [-0.2, -0.15) is 0 Å². The van der Waals surface area contributed by atoms with Gasteiger partial charge in [0.25, 0.3) is 5.91 Å². The standard InChI is InChI=1S/C21H18N2O4/c1-13-7-8-18-16(9-13)19(24)17(11-22-18)20(25)23-15(12-27-21(23)26)10-14-5-3-2-4-6-14/h2-9,11,15H,10,12H2,1H3,(H,22,24). The Balaban J connectivity index is 1.70. The lowest BCUT2D eigenvalue weighted by molar-refractivity contribution is 0.0773. The monoisotopic (exact) mass is 362 g/mol. The van der Waals surface area contributed by atoms with E-state index < -0.39 is 23.5 Å². The van der Waals surface area contributed by atoms with E-state index in [0.717, 1.165) is 16.0 Å². The van der Waals surface area contributed by atoms with Gasteiger partial charge in [0.2, 0.25) is 5.43 Å². The zero-order chi connectivity index (χ0) is 19.0. The lowest BCUT2D eigenvalue weighted by Crippen LogP contribution is -2.42. The summed E-state index contributed by atoms with van der Waals surface area (Å²) in [6, 6.07) is 14.5. The fourth-order valence-electron chi connectivity index (χ4n) is 3.37. The summed E-state index contributed by atoms with van der Waals surface area (Å²) in [6.45, 7) is 1.99. The highest BCUT2D eigenvalue weighted by atomic mass is 16.6. The summed E-state index contributed by atoms with van der Waals surface area (Å²) >= 11 is 0. The number of hydrogen-bond donors (Lipinski definition) is 1. The molecule has 1 unspecified atom stereocenters. The molecular weight excluding hydrogens is 344 g/mol. The molecule has 0 spiro atoms. The van der Waals surface area contributed by atoms with Crippen molar-refractivity contribution < 1.29 is 14.3 Å². The number of amides is 2. The van der Waals surface area contributed by atoms with Gasteiger partial charge in [0.05, 0.1) is 6.04 Å². The minimum atomic E-state index is -0.718. The van der Waals surface area contributed by atoms with Gasteiger partial charge in [0, 0.05) is 17.1 Å². The van der Waals surface area contributed by atoms with Crippen LogP contribution in [0.4, 0.5) is 4.79 Å². The average Bonchev–Trinajstić information content (AvgIpc) is 3.03. The van der Waals surface area contributed by atoms with Crippen molar-refractivity contribution in [3.63, 3.8) is 0 Å². The van der Waals surface area contributed by atoms with Crippen LogP contribution in [0.5, 0.6) is 0 Å². The van der Waals surface area contributed by atoms with Crippen LogP contribution in [0.25, 0.3) is 10.9 Å². The van der Waals surface area contributed by atoms with Crippen LogP contribution >= 0.6 is 0 Å². The summed E-state index contributed by atoms with van der Waals surface area (Å²) in [4.78, 5) is 42.1. The van der Waals surface area contributed by atoms with E-state index in [9.17, 15) is 14.4 Å². The summed E-state index contributed by atoms with van der Waals surface area (Å²) in [7, 11) is 0. The molecule has 6 nitrogen and oxygen atoms in total. The number of hydrogen-bond acceptors (Lipinski definition) is 4. The molecule has 0 aliphatic carbocycles. The molecule has 2 amide bonds. The average molecular weight is 362 g/mol. The molecule has 1 aliphatic heterocycles. The number of aryl methyl sites for hydroxylation is 1. The van der Waals surface area contributed by atoms with Crippen LogP contribution in [0.1, 0.15) is 21.5 Å². The quantitative estimate of drug-likeness (QED) is 0.777. The van der Waals surface area contributed by atoms with E-state index in [0.29, 0.717) is 17.3 Å². The Bertz CT molecular complexity index is 1090.